The zero-order valence-corrected chi connectivity index (χ0v) is 16.5. The molecule has 1 fully saturated rings. The standard InChI is InChI=1S/C18H20N4O5S/c1-10-9-28-17(19-10)21-15(23)7-12-16(24)22(18(25)20-12)8-11-4-5-13(26-2)14(6-11)27-3/h4-6,9,12H,7-8H2,1-3H3,(H,20,25)(H,19,21,23). The van der Waals surface area contributed by atoms with E-state index in [0.717, 1.165) is 10.6 Å². The summed E-state index contributed by atoms with van der Waals surface area (Å²) in [5, 5.41) is 7.45. The molecular formula is C18H20N4O5S. The summed E-state index contributed by atoms with van der Waals surface area (Å²) in [6, 6.07) is 3.70. The minimum atomic E-state index is -0.909. The van der Waals surface area contributed by atoms with Gasteiger partial charge in [-0.3, -0.25) is 14.5 Å². The second-order valence-electron chi connectivity index (χ2n) is 6.16. The van der Waals surface area contributed by atoms with Gasteiger partial charge in [0.05, 0.1) is 32.9 Å². The van der Waals surface area contributed by atoms with Crippen molar-refractivity contribution in [2.75, 3.05) is 19.5 Å². The number of imide groups is 1. The first-order valence-electron chi connectivity index (χ1n) is 8.46. The number of aryl methyl sites for hydroxylation is 1. The summed E-state index contributed by atoms with van der Waals surface area (Å²) >= 11 is 1.30. The average Bonchev–Trinajstić information content (AvgIpc) is 3.19. The third-order valence-corrected chi connectivity index (χ3v) is 5.03. The highest BCUT2D eigenvalue weighted by Crippen LogP contribution is 2.28. The van der Waals surface area contributed by atoms with E-state index < -0.39 is 18.0 Å². The molecule has 148 valence electrons. The molecule has 1 aliphatic heterocycles. The number of urea groups is 1. The van der Waals surface area contributed by atoms with Crippen LogP contribution in [-0.2, 0) is 16.1 Å². The van der Waals surface area contributed by atoms with Crippen LogP contribution in [0.2, 0.25) is 0 Å². The Morgan fingerprint density at radius 3 is 2.68 bits per heavy atom. The molecule has 28 heavy (non-hydrogen) atoms. The van der Waals surface area contributed by atoms with Gasteiger partial charge in [-0.25, -0.2) is 9.78 Å². The predicted molar refractivity (Wildman–Crippen MR) is 103 cm³/mol. The average molecular weight is 404 g/mol. The Morgan fingerprint density at radius 2 is 2.04 bits per heavy atom. The molecule has 2 N–H and O–H groups in total. The number of hydrogen-bond donors (Lipinski definition) is 2. The summed E-state index contributed by atoms with van der Waals surface area (Å²) in [6.07, 6.45) is -0.161. The van der Waals surface area contributed by atoms with E-state index in [0.29, 0.717) is 22.2 Å². The number of hydrogen-bond acceptors (Lipinski definition) is 7. The Bertz CT molecular complexity index is 913. The van der Waals surface area contributed by atoms with Gasteiger partial charge in [0, 0.05) is 5.38 Å². The van der Waals surface area contributed by atoms with Gasteiger partial charge in [0.1, 0.15) is 6.04 Å². The van der Waals surface area contributed by atoms with E-state index in [1.807, 2.05) is 12.3 Å². The smallest absolute Gasteiger partial charge is 0.325 e. The Labute approximate surface area is 165 Å². The van der Waals surface area contributed by atoms with Crippen LogP contribution in [0.3, 0.4) is 0 Å². The first-order valence-corrected chi connectivity index (χ1v) is 9.34. The van der Waals surface area contributed by atoms with Crippen molar-refractivity contribution in [2.45, 2.75) is 25.9 Å². The van der Waals surface area contributed by atoms with E-state index in [9.17, 15) is 14.4 Å². The fourth-order valence-electron chi connectivity index (χ4n) is 2.79. The SMILES string of the molecule is COc1ccc(CN2C(=O)NC(CC(=O)Nc3nc(C)cs3)C2=O)cc1OC. The van der Waals surface area contributed by atoms with Crippen LogP contribution in [0.15, 0.2) is 23.6 Å². The fourth-order valence-corrected chi connectivity index (χ4v) is 3.50. The summed E-state index contributed by atoms with van der Waals surface area (Å²) in [7, 11) is 3.03. The van der Waals surface area contributed by atoms with Gasteiger partial charge >= 0.3 is 6.03 Å². The number of benzene rings is 1. The van der Waals surface area contributed by atoms with Gasteiger partial charge in [-0.1, -0.05) is 6.07 Å². The summed E-state index contributed by atoms with van der Waals surface area (Å²) in [5.41, 5.74) is 1.50. The summed E-state index contributed by atoms with van der Waals surface area (Å²) in [4.78, 5) is 42.2. The van der Waals surface area contributed by atoms with Crippen LogP contribution in [0.5, 0.6) is 11.5 Å². The molecular weight excluding hydrogens is 384 g/mol. The van der Waals surface area contributed by atoms with E-state index in [-0.39, 0.29) is 18.9 Å². The van der Waals surface area contributed by atoms with Crippen molar-refractivity contribution >= 4 is 34.3 Å². The van der Waals surface area contributed by atoms with Gasteiger partial charge in [0.25, 0.3) is 5.91 Å². The quantitative estimate of drug-likeness (QED) is 0.683. The van der Waals surface area contributed by atoms with Crippen LogP contribution in [0, 0.1) is 6.92 Å². The number of amides is 4. The zero-order valence-electron chi connectivity index (χ0n) is 15.6. The molecule has 1 aliphatic rings. The van der Waals surface area contributed by atoms with Crippen LogP contribution < -0.4 is 20.1 Å². The zero-order chi connectivity index (χ0) is 20.3. The molecule has 1 unspecified atom stereocenters. The molecule has 4 amide bonds. The largest absolute Gasteiger partial charge is 0.493 e. The number of aromatic nitrogens is 1. The number of nitrogens with zero attached hydrogens (tertiary/aromatic N) is 2. The Balaban J connectivity index is 1.64. The Morgan fingerprint density at radius 1 is 1.29 bits per heavy atom. The summed E-state index contributed by atoms with van der Waals surface area (Å²) in [6.45, 7) is 1.88. The number of ether oxygens (including phenoxy) is 2. The molecule has 0 bridgehead atoms. The molecule has 10 heteroatoms. The van der Waals surface area contributed by atoms with Gasteiger partial charge in [-0.15, -0.1) is 11.3 Å². The molecule has 0 saturated carbocycles. The maximum Gasteiger partial charge on any atom is 0.325 e. The minimum Gasteiger partial charge on any atom is -0.493 e. The molecule has 0 spiro atoms. The molecule has 0 radical (unpaired) electrons. The molecule has 3 rings (SSSR count). The molecule has 0 aliphatic carbocycles. The molecule has 1 aromatic heterocycles. The Kier molecular flexibility index (Phi) is 5.78. The fraction of sp³-hybridized carbons (Fsp3) is 0.333. The first kappa shape index (κ1) is 19.6. The van der Waals surface area contributed by atoms with Crippen LogP contribution in [-0.4, -0.2) is 48.0 Å². The summed E-state index contributed by atoms with van der Waals surface area (Å²) < 4.78 is 10.4. The van der Waals surface area contributed by atoms with Gasteiger partial charge in [0.15, 0.2) is 16.6 Å². The highest BCUT2D eigenvalue weighted by atomic mass is 32.1. The lowest BCUT2D eigenvalue weighted by Crippen LogP contribution is -2.34. The first-order chi connectivity index (χ1) is 13.4. The molecule has 1 saturated heterocycles. The van der Waals surface area contributed by atoms with Crippen molar-refractivity contribution in [3.63, 3.8) is 0 Å². The second-order valence-corrected chi connectivity index (χ2v) is 7.02. The van der Waals surface area contributed by atoms with E-state index in [1.165, 1.54) is 25.6 Å². The lowest BCUT2D eigenvalue weighted by molar-refractivity contribution is -0.130. The van der Waals surface area contributed by atoms with E-state index >= 15 is 0 Å². The molecule has 2 aromatic rings. The molecule has 2 heterocycles. The molecule has 1 atom stereocenters. The van der Waals surface area contributed by atoms with Crippen molar-refractivity contribution in [3.05, 3.63) is 34.8 Å². The highest BCUT2D eigenvalue weighted by molar-refractivity contribution is 7.13. The number of nitrogens with one attached hydrogen (secondary N) is 2. The maximum atomic E-state index is 12.6. The van der Waals surface area contributed by atoms with Gasteiger partial charge in [-0.2, -0.15) is 0 Å². The number of rotatable bonds is 7. The number of thiazole rings is 1. The molecule has 9 nitrogen and oxygen atoms in total. The van der Waals surface area contributed by atoms with Crippen molar-refractivity contribution < 1.29 is 23.9 Å². The van der Waals surface area contributed by atoms with Crippen LogP contribution in [0.4, 0.5) is 9.93 Å². The van der Waals surface area contributed by atoms with Crippen molar-refractivity contribution in [1.29, 1.82) is 0 Å². The van der Waals surface area contributed by atoms with Crippen molar-refractivity contribution in [3.8, 4) is 11.5 Å². The lowest BCUT2D eigenvalue weighted by Gasteiger charge is -2.15. The second kappa shape index (κ2) is 8.26. The third kappa shape index (κ3) is 4.22. The topological polar surface area (TPSA) is 110 Å². The van der Waals surface area contributed by atoms with Gasteiger partial charge in [0.2, 0.25) is 5.91 Å². The maximum absolute atomic E-state index is 12.6. The highest BCUT2D eigenvalue weighted by Gasteiger charge is 2.39. The summed E-state index contributed by atoms with van der Waals surface area (Å²) in [5.74, 6) is 0.211. The van der Waals surface area contributed by atoms with Gasteiger partial charge < -0.3 is 20.1 Å². The predicted octanol–water partition coefficient (Wildman–Crippen LogP) is 1.92. The van der Waals surface area contributed by atoms with E-state index in [1.54, 1.807) is 18.2 Å². The normalized spacial score (nSPS) is 16.1. The van der Waals surface area contributed by atoms with Crippen LogP contribution >= 0.6 is 11.3 Å². The Hall–Kier alpha value is -3.14. The third-order valence-electron chi connectivity index (χ3n) is 4.15. The van der Waals surface area contributed by atoms with Crippen LogP contribution in [0.1, 0.15) is 17.7 Å². The van der Waals surface area contributed by atoms with Gasteiger partial charge in [-0.05, 0) is 24.6 Å². The number of methoxy groups -OCH3 is 2. The lowest BCUT2D eigenvalue weighted by atomic mass is 10.1. The molecule has 1 aromatic carbocycles. The number of carbonyl (C=O) groups is 3. The van der Waals surface area contributed by atoms with E-state index in [4.69, 9.17) is 9.47 Å². The van der Waals surface area contributed by atoms with Crippen LogP contribution in [0.25, 0.3) is 0 Å². The minimum absolute atomic E-state index is 0.0643. The van der Waals surface area contributed by atoms with Crippen molar-refractivity contribution in [2.24, 2.45) is 0 Å². The number of anilines is 1. The van der Waals surface area contributed by atoms with E-state index in [2.05, 4.69) is 15.6 Å². The monoisotopic (exact) mass is 404 g/mol. The number of carbonyl (C=O) groups excluding carboxylic acids is 3. The van der Waals surface area contributed by atoms with Crippen molar-refractivity contribution in [1.82, 2.24) is 15.2 Å².